The van der Waals surface area contributed by atoms with E-state index in [0.29, 0.717) is 6.10 Å². The summed E-state index contributed by atoms with van der Waals surface area (Å²) < 4.78 is 6.85. The first kappa shape index (κ1) is 9.65. The molecule has 0 amide bonds. The van der Waals surface area contributed by atoms with Crippen LogP contribution in [0.1, 0.15) is 4.88 Å². The molecule has 0 spiro atoms. The van der Waals surface area contributed by atoms with Gasteiger partial charge in [-0.2, -0.15) is 0 Å². The van der Waals surface area contributed by atoms with Crippen LogP contribution in [0.25, 0.3) is 0 Å². The molecule has 0 saturated carbocycles. The highest BCUT2D eigenvalue weighted by Gasteiger charge is 2.23. The van der Waals surface area contributed by atoms with Crippen molar-refractivity contribution in [1.82, 2.24) is 4.90 Å². The minimum Gasteiger partial charge on any atom is -0.370 e. The Bertz CT molecular complexity index is 283. The number of hydrogen-bond acceptors (Lipinski definition) is 3. The van der Waals surface area contributed by atoms with Crippen molar-refractivity contribution in [3.05, 3.63) is 20.8 Å². The summed E-state index contributed by atoms with van der Waals surface area (Å²) in [4.78, 5) is 3.55. The largest absolute Gasteiger partial charge is 0.370 e. The Morgan fingerprint density at radius 2 is 2.46 bits per heavy atom. The third-order valence-corrected chi connectivity index (χ3v) is 3.78. The lowest BCUT2D eigenvalue weighted by Crippen LogP contribution is -2.49. The number of thiophene rings is 1. The fraction of sp³-hybridized carbons (Fsp3) is 0.556. The van der Waals surface area contributed by atoms with E-state index in [1.807, 2.05) is 0 Å². The summed E-state index contributed by atoms with van der Waals surface area (Å²) in [5.41, 5.74) is 0. The number of rotatable bonds is 3. The highest BCUT2D eigenvalue weighted by molar-refractivity contribution is 9.10. The number of likely N-dealkylation sites (tertiary alicyclic amines) is 1. The summed E-state index contributed by atoms with van der Waals surface area (Å²) in [6.07, 6.45) is 0.450. The van der Waals surface area contributed by atoms with Gasteiger partial charge in [0.1, 0.15) is 0 Å². The molecule has 0 bridgehead atoms. The van der Waals surface area contributed by atoms with Gasteiger partial charge in [-0.15, -0.1) is 11.3 Å². The third kappa shape index (κ3) is 2.53. The van der Waals surface area contributed by atoms with Crippen LogP contribution < -0.4 is 0 Å². The van der Waals surface area contributed by atoms with E-state index >= 15 is 0 Å². The Labute approximate surface area is 90.6 Å². The van der Waals surface area contributed by atoms with E-state index in [2.05, 4.69) is 39.3 Å². The van der Waals surface area contributed by atoms with Gasteiger partial charge >= 0.3 is 0 Å². The van der Waals surface area contributed by atoms with Gasteiger partial charge in [-0.25, -0.2) is 0 Å². The summed E-state index contributed by atoms with van der Waals surface area (Å²) in [5.74, 6) is 0. The van der Waals surface area contributed by atoms with Gasteiger partial charge in [0, 0.05) is 27.8 Å². The molecular weight excluding hydrogens is 250 g/mol. The van der Waals surface area contributed by atoms with Crippen LogP contribution in [-0.4, -0.2) is 31.1 Å². The van der Waals surface area contributed by atoms with Gasteiger partial charge in [-0.3, -0.25) is 0 Å². The zero-order chi connectivity index (χ0) is 9.26. The Morgan fingerprint density at radius 1 is 1.69 bits per heavy atom. The molecule has 2 nitrogen and oxygen atoms in total. The van der Waals surface area contributed by atoms with Crippen molar-refractivity contribution in [3.63, 3.8) is 0 Å². The highest BCUT2D eigenvalue weighted by atomic mass is 79.9. The molecule has 72 valence electrons. The van der Waals surface area contributed by atoms with Gasteiger partial charge in [0.25, 0.3) is 0 Å². The van der Waals surface area contributed by atoms with Gasteiger partial charge in [0.15, 0.2) is 0 Å². The number of halogens is 1. The van der Waals surface area contributed by atoms with Crippen LogP contribution in [0, 0.1) is 0 Å². The predicted molar refractivity (Wildman–Crippen MR) is 58.1 cm³/mol. The molecule has 1 aromatic rings. The maximum atomic E-state index is 5.70. The average Bonchev–Trinajstić information content (AvgIpc) is 2.43. The molecule has 0 atom stereocenters. The smallest absolute Gasteiger partial charge is 0.0833 e. The summed E-state index contributed by atoms with van der Waals surface area (Å²) in [6, 6.07) is 2.12. The summed E-state index contributed by atoms with van der Waals surface area (Å²) in [7, 11) is 2.11. The number of nitrogens with zero attached hydrogens (tertiary/aromatic N) is 1. The Morgan fingerprint density at radius 3 is 3.00 bits per heavy atom. The molecule has 1 saturated heterocycles. The Balaban J connectivity index is 1.74. The van der Waals surface area contributed by atoms with Crippen molar-refractivity contribution >= 4 is 27.3 Å². The second kappa shape index (κ2) is 4.09. The molecule has 2 heterocycles. The summed E-state index contributed by atoms with van der Waals surface area (Å²) in [6.45, 7) is 2.91. The Kier molecular flexibility index (Phi) is 3.03. The second-order valence-electron chi connectivity index (χ2n) is 3.39. The lowest BCUT2D eigenvalue weighted by atomic mass is 10.2. The van der Waals surface area contributed by atoms with Crippen molar-refractivity contribution in [2.75, 3.05) is 20.1 Å². The molecule has 13 heavy (non-hydrogen) atoms. The van der Waals surface area contributed by atoms with Crippen LogP contribution in [0.5, 0.6) is 0 Å². The summed E-state index contributed by atoms with van der Waals surface area (Å²) >= 11 is 5.17. The van der Waals surface area contributed by atoms with Crippen LogP contribution in [0.4, 0.5) is 0 Å². The van der Waals surface area contributed by atoms with E-state index in [4.69, 9.17) is 4.74 Å². The molecule has 0 radical (unpaired) electrons. The monoisotopic (exact) mass is 261 g/mol. The number of hydrogen-bond donors (Lipinski definition) is 0. The Hall–Kier alpha value is 0.1000. The first-order valence-electron chi connectivity index (χ1n) is 4.27. The zero-order valence-corrected chi connectivity index (χ0v) is 9.90. The fourth-order valence-electron chi connectivity index (χ4n) is 1.38. The predicted octanol–water partition coefficient (Wildman–Crippen LogP) is 2.34. The summed E-state index contributed by atoms with van der Waals surface area (Å²) in [5, 5.41) is 2.09. The minimum atomic E-state index is 0.450. The van der Waals surface area contributed by atoms with Crippen LogP contribution in [0.15, 0.2) is 15.9 Å². The molecule has 0 aromatic carbocycles. The van der Waals surface area contributed by atoms with Crippen molar-refractivity contribution in [2.24, 2.45) is 0 Å². The molecule has 1 fully saturated rings. The minimum absolute atomic E-state index is 0.450. The third-order valence-electron chi connectivity index (χ3n) is 2.11. The van der Waals surface area contributed by atoms with Gasteiger partial charge in [-0.05, 0) is 29.0 Å². The van der Waals surface area contributed by atoms with E-state index in [1.165, 1.54) is 4.88 Å². The molecule has 0 unspecified atom stereocenters. The number of likely N-dealkylation sites (N-methyl/N-ethyl adjacent to an activating group) is 1. The highest BCUT2D eigenvalue weighted by Crippen LogP contribution is 2.21. The molecule has 4 heteroatoms. The second-order valence-corrected chi connectivity index (χ2v) is 5.30. The molecule has 1 aliphatic rings. The van der Waals surface area contributed by atoms with Gasteiger partial charge in [0.2, 0.25) is 0 Å². The normalized spacial score (nSPS) is 18.9. The zero-order valence-electron chi connectivity index (χ0n) is 7.50. The van der Waals surface area contributed by atoms with Crippen LogP contribution >= 0.6 is 27.3 Å². The maximum absolute atomic E-state index is 5.70. The van der Waals surface area contributed by atoms with Gasteiger partial charge < -0.3 is 9.64 Å². The van der Waals surface area contributed by atoms with Gasteiger partial charge in [0.05, 0.1) is 12.7 Å². The first-order valence-corrected chi connectivity index (χ1v) is 5.94. The lowest BCUT2D eigenvalue weighted by Gasteiger charge is -2.35. The van der Waals surface area contributed by atoms with Crippen molar-refractivity contribution in [3.8, 4) is 0 Å². The van der Waals surface area contributed by atoms with Crippen molar-refractivity contribution < 1.29 is 4.74 Å². The fourth-order valence-corrected chi connectivity index (χ4v) is 2.75. The van der Waals surface area contributed by atoms with Crippen molar-refractivity contribution in [2.45, 2.75) is 12.7 Å². The number of ether oxygens (including phenoxy) is 1. The van der Waals surface area contributed by atoms with Gasteiger partial charge in [-0.1, -0.05) is 0 Å². The quantitative estimate of drug-likeness (QED) is 0.829. The van der Waals surface area contributed by atoms with E-state index in [9.17, 15) is 0 Å². The lowest BCUT2D eigenvalue weighted by molar-refractivity contribution is -0.0509. The van der Waals surface area contributed by atoms with Crippen LogP contribution in [0.2, 0.25) is 0 Å². The van der Waals surface area contributed by atoms with Crippen molar-refractivity contribution in [1.29, 1.82) is 0 Å². The maximum Gasteiger partial charge on any atom is 0.0833 e. The van der Waals surface area contributed by atoms with E-state index < -0.39 is 0 Å². The molecule has 1 aliphatic heterocycles. The van der Waals surface area contributed by atoms with Crippen LogP contribution in [-0.2, 0) is 11.3 Å². The molecule has 2 rings (SSSR count). The van der Waals surface area contributed by atoms with E-state index in [1.54, 1.807) is 11.3 Å². The van der Waals surface area contributed by atoms with E-state index in [0.717, 1.165) is 24.2 Å². The molecular formula is C9H12BrNOS. The van der Waals surface area contributed by atoms with E-state index in [-0.39, 0.29) is 0 Å². The average molecular weight is 262 g/mol. The SMILES string of the molecule is CN1CC(OCc2cc(Br)cs2)C1. The topological polar surface area (TPSA) is 12.5 Å². The van der Waals surface area contributed by atoms with Crippen LogP contribution in [0.3, 0.4) is 0 Å². The molecule has 0 N–H and O–H groups in total. The molecule has 1 aromatic heterocycles. The first-order chi connectivity index (χ1) is 6.24. The standard InChI is InChI=1S/C9H12BrNOS/c1-11-3-8(4-11)12-5-9-2-7(10)6-13-9/h2,6,8H,3-5H2,1H3. The molecule has 0 aliphatic carbocycles.